The van der Waals surface area contributed by atoms with Crippen LogP contribution in [0.2, 0.25) is 0 Å². The minimum absolute atomic E-state index is 0.0133. The van der Waals surface area contributed by atoms with Gasteiger partial charge in [-0.2, -0.15) is 0 Å². The van der Waals surface area contributed by atoms with Gasteiger partial charge in [0.2, 0.25) is 0 Å². The first kappa shape index (κ1) is 15.7. The van der Waals surface area contributed by atoms with E-state index < -0.39 is 5.97 Å². The van der Waals surface area contributed by atoms with E-state index in [4.69, 9.17) is 9.84 Å². The summed E-state index contributed by atoms with van der Waals surface area (Å²) in [5, 5.41) is 9.62. The number of carbonyl (C=O) groups is 1. The van der Waals surface area contributed by atoms with E-state index in [0.717, 1.165) is 41.3 Å². The third kappa shape index (κ3) is 3.69. The second kappa shape index (κ2) is 7.36. The Morgan fingerprint density at radius 3 is 2.90 bits per heavy atom. The van der Waals surface area contributed by atoms with Gasteiger partial charge >= 0.3 is 5.97 Å². The second-order valence-corrected chi connectivity index (χ2v) is 5.58. The van der Waals surface area contributed by atoms with Crippen molar-refractivity contribution in [1.82, 2.24) is 9.55 Å². The number of aromatic nitrogens is 2. The number of imidazole rings is 1. The van der Waals surface area contributed by atoms with E-state index in [9.17, 15) is 4.79 Å². The molecule has 0 fully saturated rings. The molecule has 0 aliphatic rings. The van der Waals surface area contributed by atoms with Gasteiger partial charge in [-0.3, -0.25) is 4.79 Å². The maximum atomic E-state index is 10.8. The van der Waals surface area contributed by atoms with Crippen LogP contribution in [0.25, 0.3) is 11.0 Å². The number of fused-ring (bicyclic) bond motifs is 1. The van der Waals surface area contributed by atoms with Crippen LogP contribution < -0.4 is 4.74 Å². The van der Waals surface area contributed by atoms with Gasteiger partial charge in [0, 0.05) is 6.54 Å². The average molecular weight is 308 g/mol. The summed E-state index contributed by atoms with van der Waals surface area (Å²) >= 11 is 1.25. The second-order valence-electron chi connectivity index (χ2n) is 4.64. The summed E-state index contributed by atoms with van der Waals surface area (Å²) < 4.78 is 7.71. The van der Waals surface area contributed by atoms with Gasteiger partial charge in [0.05, 0.1) is 17.9 Å². The Kier molecular flexibility index (Phi) is 5.50. The van der Waals surface area contributed by atoms with E-state index in [1.807, 2.05) is 25.1 Å². The van der Waals surface area contributed by atoms with Crippen molar-refractivity contribution in [2.45, 2.75) is 38.4 Å². The maximum absolute atomic E-state index is 10.8. The normalized spacial score (nSPS) is 11.0. The van der Waals surface area contributed by atoms with Crippen molar-refractivity contribution >= 4 is 28.8 Å². The fraction of sp³-hybridized carbons (Fsp3) is 0.467. The van der Waals surface area contributed by atoms with Gasteiger partial charge in [-0.25, -0.2) is 4.98 Å². The monoisotopic (exact) mass is 308 g/mol. The van der Waals surface area contributed by atoms with Crippen molar-refractivity contribution in [2.75, 3.05) is 12.4 Å². The fourth-order valence-electron chi connectivity index (χ4n) is 2.14. The van der Waals surface area contributed by atoms with E-state index in [1.165, 1.54) is 11.8 Å². The molecular formula is C15H20N2O3S. The van der Waals surface area contributed by atoms with Crippen LogP contribution in [0.1, 0.15) is 26.7 Å². The number of thioether (sulfide) groups is 1. The van der Waals surface area contributed by atoms with Crippen LogP contribution in [0, 0.1) is 0 Å². The van der Waals surface area contributed by atoms with Gasteiger partial charge in [0.1, 0.15) is 11.3 Å². The number of ether oxygens (including phenoxy) is 1. The Hall–Kier alpha value is -1.69. The number of aliphatic carboxylic acids is 1. The highest BCUT2D eigenvalue weighted by atomic mass is 32.2. The number of carboxylic acid groups (broad SMARTS) is 1. The molecule has 0 spiro atoms. The van der Waals surface area contributed by atoms with Crippen molar-refractivity contribution in [3.05, 3.63) is 18.2 Å². The van der Waals surface area contributed by atoms with Gasteiger partial charge in [-0.15, -0.1) is 0 Å². The summed E-state index contributed by atoms with van der Waals surface area (Å²) in [5.74, 6) is -0.0686. The SMILES string of the molecule is CCCCn1c(SCC(=O)O)nc2c(OCC)cccc21. The summed E-state index contributed by atoms with van der Waals surface area (Å²) in [6.07, 6.45) is 2.11. The minimum atomic E-state index is -0.834. The Balaban J connectivity index is 2.43. The third-order valence-electron chi connectivity index (χ3n) is 3.07. The smallest absolute Gasteiger partial charge is 0.313 e. The van der Waals surface area contributed by atoms with Gasteiger partial charge in [-0.05, 0) is 25.5 Å². The maximum Gasteiger partial charge on any atom is 0.313 e. The molecule has 6 heteroatoms. The highest BCUT2D eigenvalue weighted by molar-refractivity contribution is 7.99. The quantitative estimate of drug-likeness (QED) is 0.757. The third-order valence-corrected chi connectivity index (χ3v) is 4.03. The van der Waals surface area contributed by atoms with Crippen LogP contribution in [0.5, 0.6) is 5.75 Å². The summed E-state index contributed by atoms with van der Waals surface area (Å²) in [6, 6.07) is 5.85. The molecule has 2 rings (SSSR count). The summed E-state index contributed by atoms with van der Waals surface area (Å²) in [4.78, 5) is 15.4. The molecule has 5 nitrogen and oxygen atoms in total. The Bertz CT molecular complexity index is 625. The van der Waals surface area contributed by atoms with Crippen LogP contribution in [-0.2, 0) is 11.3 Å². The molecule has 1 aromatic carbocycles. The van der Waals surface area contributed by atoms with Crippen LogP contribution in [0.3, 0.4) is 0 Å². The molecule has 0 saturated carbocycles. The van der Waals surface area contributed by atoms with Gasteiger partial charge < -0.3 is 14.4 Å². The summed E-state index contributed by atoms with van der Waals surface area (Å²) in [5.41, 5.74) is 1.81. The van der Waals surface area contributed by atoms with Crippen molar-refractivity contribution in [1.29, 1.82) is 0 Å². The van der Waals surface area contributed by atoms with E-state index in [-0.39, 0.29) is 5.75 Å². The Morgan fingerprint density at radius 2 is 2.24 bits per heavy atom. The first-order valence-electron chi connectivity index (χ1n) is 7.14. The van der Waals surface area contributed by atoms with Crippen molar-refractivity contribution < 1.29 is 14.6 Å². The van der Waals surface area contributed by atoms with E-state index in [2.05, 4.69) is 16.5 Å². The molecule has 0 radical (unpaired) electrons. The lowest BCUT2D eigenvalue weighted by molar-refractivity contribution is -0.133. The van der Waals surface area contributed by atoms with Crippen LogP contribution in [0.4, 0.5) is 0 Å². The summed E-state index contributed by atoms with van der Waals surface area (Å²) in [6.45, 7) is 5.49. The molecule has 0 saturated heterocycles. The highest BCUT2D eigenvalue weighted by Crippen LogP contribution is 2.30. The molecule has 0 aliphatic carbocycles. The first-order valence-corrected chi connectivity index (χ1v) is 8.12. The first-order chi connectivity index (χ1) is 10.2. The number of para-hydroxylation sites is 1. The number of aryl methyl sites for hydroxylation is 1. The molecule has 0 aliphatic heterocycles. The van der Waals surface area contributed by atoms with Crippen molar-refractivity contribution in [2.24, 2.45) is 0 Å². The fourth-order valence-corrected chi connectivity index (χ4v) is 2.89. The molecule has 1 N–H and O–H groups in total. The zero-order chi connectivity index (χ0) is 15.2. The van der Waals surface area contributed by atoms with E-state index in [0.29, 0.717) is 6.61 Å². The lowest BCUT2D eigenvalue weighted by Gasteiger charge is -2.07. The number of carboxylic acids is 1. The Labute approximate surface area is 128 Å². The van der Waals surface area contributed by atoms with Crippen molar-refractivity contribution in [3.63, 3.8) is 0 Å². The van der Waals surface area contributed by atoms with E-state index in [1.54, 1.807) is 0 Å². The number of benzene rings is 1. The van der Waals surface area contributed by atoms with Gasteiger partial charge in [0.25, 0.3) is 0 Å². The molecule has 1 aromatic heterocycles. The zero-order valence-electron chi connectivity index (χ0n) is 12.3. The van der Waals surface area contributed by atoms with Crippen molar-refractivity contribution in [3.8, 4) is 5.75 Å². The standard InChI is InChI=1S/C15H20N2O3S/c1-3-5-9-17-11-7-6-8-12(20-4-2)14(11)16-15(17)21-10-13(18)19/h6-8H,3-5,9-10H2,1-2H3,(H,18,19). The predicted molar refractivity (Wildman–Crippen MR) is 84.2 cm³/mol. The molecule has 2 aromatic rings. The minimum Gasteiger partial charge on any atom is -0.492 e. The molecule has 0 bridgehead atoms. The average Bonchev–Trinajstić information content (AvgIpc) is 2.82. The van der Waals surface area contributed by atoms with Gasteiger partial charge in [0.15, 0.2) is 5.16 Å². The number of hydrogen-bond donors (Lipinski definition) is 1. The molecule has 0 atom stereocenters. The summed E-state index contributed by atoms with van der Waals surface area (Å²) in [7, 11) is 0. The molecule has 1 heterocycles. The zero-order valence-corrected chi connectivity index (χ0v) is 13.2. The van der Waals surface area contributed by atoms with E-state index >= 15 is 0 Å². The molecule has 0 unspecified atom stereocenters. The largest absolute Gasteiger partial charge is 0.492 e. The highest BCUT2D eigenvalue weighted by Gasteiger charge is 2.15. The van der Waals surface area contributed by atoms with Crippen LogP contribution >= 0.6 is 11.8 Å². The molecule has 114 valence electrons. The van der Waals surface area contributed by atoms with Crippen LogP contribution in [-0.4, -0.2) is 33.0 Å². The lowest BCUT2D eigenvalue weighted by atomic mass is 10.3. The molecule has 0 amide bonds. The number of hydrogen-bond acceptors (Lipinski definition) is 4. The molecular weight excluding hydrogens is 288 g/mol. The van der Waals surface area contributed by atoms with Gasteiger partial charge in [-0.1, -0.05) is 31.2 Å². The topological polar surface area (TPSA) is 64.4 Å². The number of nitrogens with zero attached hydrogens (tertiary/aromatic N) is 2. The number of rotatable bonds is 8. The number of unbranched alkanes of at least 4 members (excludes halogenated alkanes) is 1. The predicted octanol–water partition coefficient (Wildman–Crippen LogP) is 3.41. The van der Waals surface area contributed by atoms with Crippen LogP contribution in [0.15, 0.2) is 23.4 Å². The lowest BCUT2D eigenvalue weighted by Crippen LogP contribution is -2.03. The Morgan fingerprint density at radius 1 is 1.43 bits per heavy atom. The molecule has 21 heavy (non-hydrogen) atoms.